The third-order valence-electron chi connectivity index (χ3n) is 2.51. The molecule has 0 saturated heterocycles. The van der Waals surface area contributed by atoms with Crippen LogP contribution in [0, 0.1) is 11.3 Å². The zero-order chi connectivity index (χ0) is 11.5. The number of H-pyrrole nitrogens is 1. The Bertz CT molecular complexity index is 549. The second-order valence-electron chi connectivity index (χ2n) is 3.55. The molecule has 0 aliphatic heterocycles. The molecule has 1 heterocycles. The molecule has 1 aromatic carbocycles. The Labute approximate surface area is 99.5 Å². The molecule has 0 aliphatic carbocycles. The average molecular weight is 231 g/mol. The fourth-order valence-electron chi connectivity index (χ4n) is 1.69. The summed E-state index contributed by atoms with van der Waals surface area (Å²) in [7, 11) is 0. The van der Waals surface area contributed by atoms with Gasteiger partial charge in [0.2, 0.25) is 0 Å². The summed E-state index contributed by atoms with van der Waals surface area (Å²) < 4.78 is 0. The SMILES string of the molecule is CCc1[nH]c(-c2cccc(Cl)c2)cc1C#N. The van der Waals surface area contributed by atoms with Gasteiger partial charge in [-0.1, -0.05) is 30.7 Å². The number of nitrogens with one attached hydrogen (secondary N) is 1. The number of hydrogen-bond acceptors (Lipinski definition) is 1. The van der Waals surface area contributed by atoms with Crippen LogP contribution in [-0.4, -0.2) is 4.98 Å². The Hall–Kier alpha value is -1.72. The molecule has 0 atom stereocenters. The lowest BCUT2D eigenvalue weighted by Crippen LogP contribution is -1.83. The molecule has 0 aliphatic rings. The van der Waals surface area contributed by atoms with E-state index in [0.717, 1.165) is 23.4 Å². The lowest BCUT2D eigenvalue weighted by Gasteiger charge is -1.98. The summed E-state index contributed by atoms with van der Waals surface area (Å²) in [5, 5.41) is 9.67. The number of rotatable bonds is 2. The van der Waals surface area contributed by atoms with Gasteiger partial charge in [0.05, 0.1) is 5.56 Å². The molecular weight excluding hydrogens is 220 g/mol. The second-order valence-corrected chi connectivity index (χ2v) is 3.99. The first kappa shape index (κ1) is 10.8. The minimum atomic E-state index is 0.698. The first-order chi connectivity index (χ1) is 7.74. The van der Waals surface area contributed by atoms with Gasteiger partial charge in [-0.05, 0) is 30.2 Å². The van der Waals surface area contributed by atoms with E-state index in [0.29, 0.717) is 10.6 Å². The summed E-state index contributed by atoms with van der Waals surface area (Å²) in [6.07, 6.45) is 0.823. The van der Waals surface area contributed by atoms with Crippen LogP contribution in [-0.2, 0) is 6.42 Å². The van der Waals surface area contributed by atoms with Crippen LogP contribution in [0.5, 0.6) is 0 Å². The summed E-state index contributed by atoms with van der Waals surface area (Å²) in [6.45, 7) is 2.02. The Morgan fingerprint density at radius 3 is 2.75 bits per heavy atom. The largest absolute Gasteiger partial charge is 0.357 e. The Morgan fingerprint density at radius 1 is 1.38 bits per heavy atom. The fraction of sp³-hybridized carbons (Fsp3) is 0.154. The topological polar surface area (TPSA) is 39.6 Å². The van der Waals surface area contributed by atoms with Crippen LogP contribution >= 0.6 is 11.6 Å². The maximum absolute atomic E-state index is 8.97. The lowest BCUT2D eigenvalue weighted by atomic mass is 10.1. The maximum Gasteiger partial charge on any atom is 0.101 e. The van der Waals surface area contributed by atoms with Crippen LogP contribution in [0.15, 0.2) is 30.3 Å². The molecule has 80 valence electrons. The van der Waals surface area contributed by atoms with E-state index in [-0.39, 0.29) is 0 Å². The predicted molar refractivity (Wildman–Crippen MR) is 65.3 cm³/mol. The van der Waals surface area contributed by atoms with Crippen LogP contribution in [0.4, 0.5) is 0 Å². The smallest absolute Gasteiger partial charge is 0.101 e. The molecule has 0 unspecified atom stereocenters. The van der Waals surface area contributed by atoms with Crippen LogP contribution < -0.4 is 0 Å². The highest BCUT2D eigenvalue weighted by Crippen LogP contribution is 2.24. The third-order valence-corrected chi connectivity index (χ3v) is 2.74. The van der Waals surface area contributed by atoms with Crippen molar-refractivity contribution in [3.63, 3.8) is 0 Å². The van der Waals surface area contributed by atoms with Gasteiger partial charge in [-0.25, -0.2) is 0 Å². The van der Waals surface area contributed by atoms with E-state index < -0.39 is 0 Å². The third kappa shape index (κ3) is 1.95. The molecule has 1 aromatic heterocycles. The van der Waals surface area contributed by atoms with Crippen molar-refractivity contribution < 1.29 is 0 Å². The predicted octanol–water partition coefficient (Wildman–Crippen LogP) is 3.77. The van der Waals surface area contributed by atoms with Gasteiger partial charge in [0.1, 0.15) is 6.07 Å². The van der Waals surface area contributed by atoms with Gasteiger partial charge in [-0.15, -0.1) is 0 Å². The van der Waals surface area contributed by atoms with E-state index >= 15 is 0 Å². The molecule has 3 heteroatoms. The molecule has 0 spiro atoms. The summed E-state index contributed by atoms with van der Waals surface area (Å²) in [6, 6.07) is 11.6. The van der Waals surface area contributed by atoms with Gasteiger partial charge >= 0.3 is 0 Å². The zero-order valence-corrected chi connectivity index (χ0v) is 9.67. The van der Waals surface area contributed by atoms with Gasteiger partial charge < -0.3 is 4.98 Å². The van der Waals surface area contributed by atoms with Crippen molar-refractivity contribution in [2.24, 2.45) is 0 Å². The van der Waals surface area contributed by atoms with E-state index in [1.165, 1.54) is 0 Å². The molecule has 0 bridgehead atoms. The van der Waals surface area contributed by atoms with Crippen molar-refractivity contribution in [2.45, 2.75) is 13.3 Å². The van der Waals surface area contributed by atoms with Gasteiger partial charge in [-0.2, -0.15) is 5.26 Å². The van der Waals surface area contributed by atoms with Crippen molar-refractivity contribution in [3.8, 4) is 17.3 Å². The minimum absolute atomic E-state index is 0.698. The second kappa shape index (κ2) is 4.42. The van der Waals surface area contributed by atoms with Gasteiger partial charge in [0.15, 0.2) is 0 Å². The van der Waals surface area contributed by atoms with E-state index in [9.17, 15) is 0 Å². The molecule has 0 radical (unpaired) electrons. The Morgan fingerprint density at radius 2 is 2.19 bits per heavy atom. The highest BCUT2D eigenvalue weighted by atomic mass is 35.5. The van der Waals surface area contributed by atoms with Crippen LogP contribution in [0.25, 0.3) is 11.3 Å². The standard InChI is InChI=1S/C13H11ClN2/c1-2-12-10(8-15)7-13(16-12)9-4-3-5-11(14)6-9/h3-7,16H,2H2,1H3. The van der Waals surface area contributed by atoms with Crippen LogP contribution in [0.2, 0.25) is 5.02 Å². The molecule has 1 N–H and O–H groups in total. The first-order valence-electron chi connectivity index (χ1n) is 5.12. The van der Waals surface area contributed by atoms with Crippen LogP contribution in [0.1, 0.15) is 18.2 Å². The highest BCUT2D eigenvalue weighted by Gasteiger charge is 2.07. The number of halogens is 1. The van der Waals surface area contributed by atoms with Gasteiger partial charge in [0, 0.05) is 16.4 Å². The van der Waals surface area contributed by atoms with Crippen molar-refractivity contribution in [1.29, 1.82) is 5.26 Å². The van der Waals surface area contributed by atoms with E-state index in [1.54, 1.807) is 0 Å². The van der Waals surface area contributed by atoms with Crippen molar-refractivity contribution in [3.05, 3.63) is 46.6 Å². The van der Waals surface area contributed by atoms with E-state index in [4.69, 9.17) is 16.9 Å². The average Bonchev–Trinajstić information content (AvgIpc) is 2.72. The normalized spacial score (nSPS) is 10.1. The molecule has 2 rings (SSSR count). The van der Waals surface area contributed by atoms with Gasteiger partial charge in [0.25, 0.3) is 0 Å². The summed E-state index contributed by atoms with van der Waals surface area (Å²) in [5.41, 5.74) is 3.62. The van der Waals surface area contributed by atoms with Crippen molar-refractivity contribution in [2.75, 3.05) is 0 Å². The minimum Gasteiger partial charge on any atom is -0.357 e. The van der Waals surface area contributed by atoms with E-state index in [2.05, 4.69) is 11.1 Å². The summed E-state index contributed by atoms with van der Waals surface area (Å²) >= 11 is 5.93. The Balaban J connectivity index is 2.49. The molecule has 0 amide bonds. The number of aryl methyl sites for hydroxylation is 1. The number of nitriles is 1. The number of nitrogens with zero attached hydrogens (tertiary/aromatic N) is 1. The lowest BCUT2D eigenvalue weighted by molar-refractivity contribution is 1.06. The zero-order valence-electron chi connectivity index (χ0n) is 8.92. The number of hydrogen-bond donors (Lipinski definition) is 1. The number of aromatic amines is 1. The maximum atomic E-state index is 8.97. The summed E-state index contributed by atoms with van der Waals surface area (Å²) in [4.78, 5) is 3.24. The molecule has 2 aromatic rings. The molecule has 0 fully saturated rings. The van der Waals surface area contributed by atoms with Crippen LogP contribution in [0.3, 0.4) is 0 Å². The van der Waals surface area contributed by atoms with Crippen molar-refractivity contribution >= 4 is 11.6 Å². The number of aromatic nitrogens is 1. The van der Waals surface area contributed by atoms with E-state index in [1.807, 2.05) is 37.3 Å². The molecule has 0 saturated carbocycles. The molecule has 2 nitrogen and oxygen atoms in total. The number of benzene rings is 1. The Kier molecular flexibility index (Phi) is 2.98. The fourth-order valence-corrected chi connectivity index (χ4v) is 1.88. The monoisotopic (exact) mass is 230 g/mol. The first-order valence-corrected chi connectivity index (χ1v) is 5.50. The highest BCUT2D eigenvalue weighted by molar-refractivity contribution is 6.30. The van der Waals surface area contributed by atoms with Gasteiger partial charge in [-0.3, -0.25) is 0 Å². The molecular formula is C13H11ClN2. The van der Waals surface area contributed by atoms with Crippen molar-refractivity contribution in [1.82, 2.24) is 4.98 Å². The summed E-state index contributed by atoms with van der Waals surface area (Å²) in [5.74, 6) is 0. The quantitative estimate of drug-likeness (QED) is 0.838. The molecule has 16 heavy (non-hydrogen) atoms.